The maximum atomic E-state index is 12.4. The van der Waals surface area contributed by atoms with Crippen LogP contribution >= 0.6 is 0 Å². The molecule has 0 aromatic carbocycles. The monoisotopic (exact) mass is 339 g/mol. The second kappa shape index (κ2) is 9.25. The molecular weight excluding hydrogens is 306 g/mol. The maximum absolute atomic E-state index is 12.4. The molecule has 6 heteroatoms. The fourth-order valence-corrected chi connectivity index (χ4v) is 3.96. The topological polar surface area (TPSA) is 86.9 Å². The quantitative estimate of drug-likeness (QED) is 0.778. The van der Waals surface area contributed by atoms with Crippen LogP contribution in [0.1, 0.15) is 58.3 Å². The SMILES string of the molecule is CCC1CCN(C(=O)[C@@H](N)CCCC2CCN(C(=O)O)CC2)CC1. The number of carbonyl (C=O) groups is 2. The lowest BCUT2D eigenvalue weighted by Crippen LogP contribution is -2.47. The third-order valence-corrected chi connectivity index (χ3v) is 5.83. The highest BCUT2D eigenvalue weighted by molar-refractivity contribution is 5.81. The van der Waals surface area contributed by atoms with Gasteiger partial charge in [0.15, 0.2) is 0 Å². The van der Waals surface area contributed by atoms with Crippen LogP contribution < -0.4 is 5.73 Å². The van der Waals surface area contributed by atoms with Gasteiger partial charge in [-0.3, -0.25) is 4.79 Å². The molecule has 0 saturated carbocycles. The van der Waals surface area contributed by atoms with E-state index in [2.05, 4.69) is 6.92 Å². The summed E-state index contributed by atoms with van der Waals surface area (Å²) in [5, 5.41) is 8.96. The smallest absolute Gasteiger partial charge is 0.407 e. The summed E-state index contributed by atoms with van der Waals surface area (Å²) in [5.41, 5.74) is 6.12. The number of rotatable bonds is 6. The third kappa shape index (κ3) is 5.36. The van der Waals surface area contributed by atoms with Crippen LogP contribution in [-0.4, -0.2) is 59.1 Å². The van der Waals surface area contributed by atoms with Crippen LogP contribution in [0.15, 0.2) is 0 Å². The van der Waals surface area contributed by atoms with Gasteiger partial charge < -0.3 is 20.6 Å². The first-order valence-corrected chi connectivity index (χ1v) is 9.53. The highest BCUT2D eigenvalue weighted by Crippen LogP contribution is 2.24. The zero-order valence-electron chi connectivity index (χ0n) is 15.0. The van der Waals surface area contributed by atoms with E-state index >= 15 is 0 Å². The van der Waals surface area contributed by atoms with Gasteiger partial charge in [0.2, 0.25) is 5.91 Å². The number of nitrogens with two attached hydrogens (primary N) is 1. The molecule has 3 N–H and O–H groups in total. The second-order valence-corrected chi connectivity index (χ2v) is 7.43. The van der Waals surface area contributed by atoms with Crippen molar-refractivity contribution in [1.29, 1.82) is 0 Å². The Morgan fingerprint density at radius 3 is 2.12 bits per heavy atom. The molecule has 0 aromatic rings. The minimum atomic E-state index is -0.812. The number of nitrogens with zero attached hydrogens (tertiary/aromatic N) is 2. The molecule has 1 atom stereocenters. The van der Waals surface area contributed by atoms with Crippen molar-refractivity contribution in [2.24, 2.45) is 17.6 Å². The van der Waals surface area contributed by atoms with E-state index in [0.29, 0.717) is 19.0 Å². The molecule has 0 unspecified atom stereocenters. The molecule has 2 aliphatic heterocycles. The summed E-state index contributed by atoms with van der Waals surface area (Å²) in [6, 6.07) is -0.373. The number of amides is 2. The lowest BCUT2D eigenvalue weighted by Gasteiger charge is -2.33. The van der Waals surface area contributed by atoms with E-state index in [1.165, 1.54) is 11.3 Å². The van der Waals surface area contributed by atoms with Gasteiger partial charge in [0, 0.05) is 26.2 Å². The largest absolute Gasteiger partial charge is 0.465 e. The number of hydrogen-bond donors (Lipinski definition) is 2. The molecule has 2 aliphatic rings. The molecule has 2 amide bonds. The third-order valence-electron chi connectivity index (χ3n) is 5.83. The van der Waals surface area contributed by atoms with Crippen molar-refractivity contribution in [1.82, 2.24) is 9.80 Å². The van der Waals surface area contributed by atoms with E-state index in [-0.39, 0.29) is 11.9 Å². The van der Waals surface area contributed by atoms with Crippen LogP contribution in [0, 0.1) is 11.8 Å². The second-order valence-electron chi connectivity index (χ2n) is 7.43. The van der Waals surface area contributed by atoms with E-state index in [1.807, 2.05) is 4.90 Å². The van der Waals surface area contributed by atoms with E-state index in [4.69, 9.17) is 10.8 Å². The highest BCUT2D eigenvalue weighted by Gasteiger charge is 2.26. The predicted molar refractivity (Wildman–Crippen MR) is 93.7 cm³/mol. The summed E-state index contributed by atoms with van der Waals surface area (Å²) < 4.78 is 0. The van der Waals surface area contributed by atoms with E-state index < -0.39 is 6.09 Å². The molecule has 2 fully saturated rings. The molecule has 2 heterocycles. The minimum Gasteiger partial charge on any atom is -0.465 e. The van der Waals surface area contributed by atoms with Gasteiger partial charge >= 0.3 is 6.09 Å². The molecular formula is C18H33N3O3. The fourth-order valence-electron chi connectivity index (χ4n) is 3.96. The Hall–Kier alpha value is -1.30. The van der Waals surface area contributed by atoms with Crippen molar-refractivity contribution in [3.8, 4) is 0 Å². The molecule has 24 heavy (non-hydrogen) atoms. The summed E-state index contributed by atoms with van der Waals surface area (Å²) in [6.45, 7) is 5.21. The van der Waals surface area contributed by atoms with Gasteiger partial charge in [-0.25, -0.2) is 4.79 Å². The van der Waals surface area contributed by atoms with E-state index in [0.717, 1.165) is 64.0 Å². The van der Waals surface area contributed by atoms with Crippen LogP contribution in [0.3, 0.4) is 0 Å². The standard InChI is InChI=1S/C18H33N3O3/c1-2-14-6-10-20(11-7-14)17(22)16(19)5-3-4-15-8-12-21(13-9-15)18(23)24/h14-16H,2-13,19H2,1H3,(H,23,24)/t16-/m0/s1. The van der Waals surface area contributed by atoms with E-state index in [1.54, 1.807) is 0 Å². The zero-order chi connectivity index (χ0) is 17.5. The van der Waals surface area contributed by atoms with Crippen molar-refractivity contribution in [2.45, 2.75) is 64.3 Å². The van der Waals surface area contributed by atoms with Crippen molar-refractivity contribution in [3.63, 3.8) is 0 Å². The summed E-state index contributed by atoms with van der Waals surface area (Å²) in [4.78, 5) is 26.8. The average Bonchev–Trinajstić information content (AvgIpc) is 2.61. The van der Waals surface area contributed by atoms with Crippen molar-refractivity contribution in [3.05, 3.63) is 0 Å². The number of piperidine rings is 2. The molecule has 0 aromatic heterocycles. The lowest BCUT2D eigenvalue weighted by atomic mass is 9.90. The van der Waals surface area contributed by atoms with Gasteiger partial charge in [-0.1, -0.05) is 26.2 Å². The Morgan fingerprint density at radius 1 is 1.04 bits per heavy atom. The van der Waals surface area contributed by atoms with Gasteiger partial charge in [0.25, 0.3) is 0 Å². The van der Waals surface area contributed by atoms with Crippen LogP contribution in [0.25, 0.3) is 0 Å². The number of carboxylic acid groups (broad SMARTS) is 1. The molecule has 2 saturated heterocycles. The first-order valence-electron chi connectivity index (χ1n) is 9.53. The van der Waals surface area contributed by atoms with Crippen LogP contribution in [-0.2, 0) is 4.79 Å². The fraction of sp³-hybridized carbons (Fsp3) is 0.889. The highest BCUT2D eigenvalue weighted by atomic mass is 16.4. The van der Waals surface area contributed by atoms with Crippen molar-refractivity contribution in [2.75, 3.05) is 26.2 Å². The van der Waals surface area contributed by atoms with Crippen molar-refractivity contribution >= 4 is 12.0 Å². The summed E-state index contributed by atoms with van der Waals surface area (Å²) in [6.07, 6.45) is 7.21. The van der Waals surface area contributed by atoms with Crippen LogP contribution in [0.2, 0.25) is 0 Å². The Kier molecular flexibility index (Phi) is 7.34. The molecule has 0 bridgehead atoms. The van der Waals surface area contributed by atoms with Gasteiger partial charge in [0.1, 0.15) is 0 Å². The molecule has 0 spiro atoms. The molecule has 0 radical (unpaired) electrons. The summed E-state index contributed by atoms with van der Waals surface area (Å²) in [5.74, 6) is 1.45. The number of hydrogen-bond acceptors (Lipinski definition) is 3. The normalized spacial score (nSPS) is 21.8. The van der Waals surface area contributed by atoms with Crippen LogP contribution in [0.5, 0.6) is 0 Å². The zero-order valence-corrected chi connectivity index (χ0v) is 15.0. The maximum Gasteiger partial charge on any atom is 0.407 e. The van der Waals surface area contributed by atoms with Crippen molar-refractivity contribution < 1.29 is 14.7 Å². The Bertz CT molecular complexity index is 414. The molecule has 0 aliphatic carbocycles. The number of likely N-dealkylation sites (tertiary alicyclic amines) is 2. The van der Waals surface area contributed by atoms with E-state index in [9.17, 15) is 9.59 Å². The Labute approximate surface area is 145 Å². The first kappa shape index (κ1) is 19.0. The summed E-state index contributed by atoms with van der Waals surface area (Å²) in [7, 11) is 0. The van der Waals surface area contributed by atoms with Gasteiger partial charge in [-0.15, -0.1) is 0 Å². The van der Waals surface area contributed by atoms with Crippen LogP contribution in [0.4, 0.5) is 4.79 Å². The van der Waals surface area contributed by atoms with Gasteiger partial charge in [-0.05, 0) is 43.9 Å². The van der Waals surface area contributed by atoms with Gasteiger partial charge in [0.05, 0.1) is 6.04 Å². The first-order chi connectivity index (χ1) is 11.5. The lowest BCUT2D eigenvalue weighted by molar-refractivity contribution is -0.134. The minimum absolute atomic E-state index is 0.116. The summed E-state index contributed by atoms with van der Waals surface area (Å²) >= 11 is 0. The molecule has 6 nitrogen and oxygen atoms in total. The van der Waals surface area contributed by atoms with Gasteiger partial charge in [-0.2, -0.15) is 0 Å². The Balaban J connectivity index is 1.62. The molecule has 2 rings (SSSR count). The average molecular weight is 339 g/mol. The molecule has 138 valence electrons. The predicted octanol–water partition coefficient (Wildman–Crippen LogP) is 2.52. The number of carbonyl (C=O) groups excluding carboxylic acids is 1. The Morgan fingerprint density at radius 2 is 1.58 bits per heavy atom.